The number of hydrogen-bond donors (Lipinski definition) is 1. The first kappa shape index (κ1) is 26.2. The third-order valence-electron chi connectivity index (χ3n) is 4.96. The van der Waals surface area contributed by atoms with E-state index in [-0.39, 0.29) is 29.6 Å². The van der Waals surface area contributed by atoms with Gasteiger partial charge >= 0.3 is 16.1 Å². The standard InChI is InChI=1S/C23H29IO7S/c1-3-4-14-32(27,28)31-21-12-9-18(16-22(21)29-2)7-5-6-17-8-10-19(20(25)15-17)11-13-23(26)30-24/h8-10,12,15-16,25H,3-7,11,13-14H2,1-2H3. The summed E-state index contributed by atoms with van der Waals surface area (Å²) in [6, 6.07) is 10.8. The van der Waals surface area contributed by atoms with Crippen LogP contribution in [0.15, 0.2) is 36.4 Å². The molecule has 0 radical (unpaired) electrons. The Morgan fingerprint density at radius 2 is 1.69 bits per heavy atom. The molecule has 7 nitrogen and oxygen atoms in total. The van der Waals surface area contributed by atoms with Crippen LogP contribution < -0.4 is 8.92 Å². The molecule has 0 bridgehead atoms. The lowest BCUT2D eigenvalue weighted by Crippen LogP contribution is -2.14. The highest BCUT2D eigenvalue weighted by atomic mass is 127. The van der Waals surface area contributed by atoms with Gasteiger partial charge in [0, 0.05) is 0 Å². The molecule has 0 saturated carbocycles. The molecule has 0 aliphatic heterocycles. The number of phenolic OH excluding ortho intramolecular Hbond substituents is 1. The van der Waals surface area contributed by atoms with E-state index in [1.54, 1.807) is 41.2 Å². The average Bonchev–Trinajstić information content (AvgIpc) is 2.77. The lowest BCUT2D eigenvalue weighted by atomic mass is 10.0. The molecule has 0 fully saturated rings. The van der Waals surface area contributed by atoms with Crippen LogP contribution in [0.5, 0.6) is 17.2 Å². The molecular formula is C23H29IO7S. The van der Waals surface area contributed by atoms with Gasteiger partial charge in [-0.3, -0.25) is 4.79 Å². The van der Waals surface area contributed by atoms with Gasteiger partial charge in [0.2, 0.25) is 0 Å². The summed E-state index contributed by atoms with van der Waals surface area (Å²) >= 11 is 1.55. The normalized spacial score (nSPS) is 11.2. The molecule has 2 aromatic rings. The van der Waals surface area contributed by atoms with Crippen molar-refractivity contribution in [2.75, 3.05) is 12.9 Å². The zero-order chi connectivity index (χ0) is 23.6. The first-order chi connectivity index (χ1) is 15.3. The van der Waals surface area contributed by atoms with Crippen LogP contribution in [0.3, 0.4) is 0 Å². The SMILES string of the molecule is CCCCS(=O)(=O)Oc1ccc(CCCc2ccc(CCC(=O)OI)c(O)c2)cc1OC. The fourth-order valence-electron chi connectivity index (χ4n) is 3.18. The predicted octanol–water partition coefficient (Wildman–Crippen LogP) is 4.91. The van der Waals surface area contributed by atoms with Crippen molar-refractivity contribution < 1.29 is 30.3 Å². The van der Waals surface area contributed by atoms with Crippen LogP contribution in [-0.2, 0) is 37.2 Å². The maximum absolute atomic E-state index is 12.1. The van der Waals surface area contributed by atoms with Crippen LogP contribution in [0.2, 0.25) is 0 Å². The summed E-state index contributed by atoms with van der Waals surface area (Å²) in [6.45, 7) is 1.92. The van der Waals surface area contributed by atoms with Gasteiger partial charge < -0.3 is 17.1 Å². The van der Waals surface area contributed by atoms with E-state index in [0.717, 1.165) is 36.8 Å². The Balaban J connectivity index is 1.94. The Kier molecular flexibility index (Phi) is 10.6. The first-order valence-electron chi connectivity index (χ1n) is 10.5. The number of halogens is 1. The van der Waals surface area contributed by atoms with Crippen LogP contribution in [0.4, 0.5) is 0 Å². The summed E-state index contributed by atoms with van der Waals surface area (Å²) in [6.07, 6.45) is 4.31. The molecule has 0 aliphatic rings. The number of carbonyl (C=O) groups excluding carboxylic acids is 1. The number of methoxy groups -OCH3 is 1. The van der Waals surface area contributed by atoms with Gasteiger partial charge in [-0.15, -0.1) is 0 Å². The topological polar surface area (TPSA) is 99.1 Å². The minimum Gasteiger partial charge on any atom is -0.508 e. The molecule has 0 unspecified atom stereocenters. The molecular weight excluding hydrogens is 547 g/mol. The van der Waals surface area contributed by atoms with Crippen LogP contribution >= 0.6 is 23.0 Å². The van der Waals surface area contributed by atoms with E-state index in [1.807, 2.05) is 25.1 Å². The molecule has 0 spiro atoms. The summed E-state index contributed by atoms with van der Waals surface area (Å²) in [5.41, 5.74) is 2.71. The molecule has 0 saturated heterocycles. The van der Waals surface area contributed by atoms with E-state index in [2.05, 4.69) is 3.07 Å². The van der Waals surface area contributed by atoms with Gasteiger partial charge in [0.25, 0.3) is 0 Å². The number of phenols is 1. The van der Waals surface area contributed by atoms with Gasteiger partial charge in [0.1, 0.15) is 5.75 Å². The molecule has 1 N–H and O–H groups in total. The number of aromatic hydroxyl groups is 1. The van der Waals surface area contributed by atoms with Gasteiger partial charge in [0.15, 0.2) is 34.5 Å². The molecule has 32 heavy (non-hydrogen) atoms. The van der Waals surface area contributed by atoms with E-state index >= 15 is 0 Å². The number of unbranched alkanes of at least 4 members (excludes halogenated alkanes) is 1. The quantitative estimate of drug-likeness (QED) is 0.267. The second kappa shape index (κ2) is 12.9. The number of carbonyl (C=O) groups is 1. The van der Waals surface area contributed by atoms with Gasteiger partial charge in [0.05, 0.1) is 19.3 Å². The largest absolute Gasteiger partial charge is 0.508 e. The fraction of sp³-hybridized carbons (Fsp3) is 0.435. The second-order valence-corrected chi connectivity index (χ2v) is 9.58. The van der Waals surface area contributed by atoms with Crippen molar-refractivity contribution in [1.82, 2.24) is 0 Å². The fourth-order valence-corrected chi connectivity index (χ4v) is 4.54. The van der Waals surface area contributed by atoms with E-state index < -0.39 is 10.1 Å². The summed E-state index contributed by atoms with van der Waals surface area (Å²) < 4.78 is 39.3. The number of benzene rings is 2. The first-order valence-corrected chi connectivity index (χ1v) is 12.9. The maximum Gasteiger partial charge on any atom is 0.315 e. The van der Waals surface area contributed by atoms with Crippen molar-refractivity contribution >= 4 is 39.1 Å². The van der Waals surface area contributed by atoms with Gasteiger partial charge in [-0.25, -0.2) is 0 Å². The average molecular weight is 576 g/mol. The minimum absolute atomic E-state index is 0.0254. The molecule has 2 rings (SSSR count). The van der Waals surface area contributed by atoms with Gasteiger partial charge in [-0.05, 0) is 67.0 Å². The van der Waals surface area contributed by atoms with Crippen molar-refractivity contribution in [3.8, 4) is 17.2 Å². The van der Waals surface area contributed by atoms with Crippen molar-refractivity contribution in [2.45, 2.75) is 51.9 Å². The molecule has 0 aromatic heterocycles. The van der Waals surface area contributed by atoms with Crippen LogP contribution in [0.1, 0.15) is 49.3 Å². The van der Waals surface area contributed by atoms with E-state index in [4.69, 9.17) is 8.92 Å². The summed E-state index contributed by atoms with van der Waals surface area (Å²) in [5, 5.41) is 10.2. The molecule has 176 valence electrons. The monoisotopic (exact) mass is 576 g/mol. The van der Waals surface area contributed by atoms with E-state index in [9.17, 15) is 18.3 Å². The highest BCUT2D eigenvalue weighted by Gasteiger charge is 2.16. The molecule has 9 heteroatoms. The molecule has 0 heterocycles. The van der Waals surface area contributed by atoms with E-state index in [1.165, 1.54) is 7.11 Å². The third-order valence-corrected chi connectivity index (χ3v) is 6.67. The zero-order valence-electron chi connectivity index (χ0n) is 18.3. The predicted molar refractivity (Wildman–Crippen MR) is 131 cm³/mol. The Morgan fingerprint density at radius 1 is 1.00 bits per heavy atom. The number of rotatable bonds is 13. The third kappa shape index (κ3) is 8.50. The number of ether oxygens (including phenoxy) is 1. The molecule has 0 atom stereocenters. The lowest BCUT2D eigenvalue weighted by molar-refractivity contribution is -0.131. The van der Waals surface area contributed by atoms with Crippen LogP contribution in [0.25, 0.3) is 0 Å². The highest BCUT2D eigenvalue weighted by molar-refractivity contribution is 14.1. The summed E-state index contributed by atoms with van der Waals surface area (Å²) in [5.74, 6) is 0.409. The molecule has 2 aromatic carbocycles. The minimum atomic E-state index is -3.64. The summed E-state index contributed by atoms with van der Waals surface area (Å²) in [7, 11) is -2.16. The Morgan fingerprint density at radius 3 is 2.31 bits per heavy atom. The van der Waals surface area contributed by atoms with Crippen molar-refractivity contribution in [1.29, 1.82) is 0 Å². The van der Waals surface area contributed by atoms with Gasteiger partial charge in [-0.1, -0.05) is 31.5 Å². The molecule has 0 amide bonds. The Bertz CT molecular complexity index is 1010. The summed E-state index contributed by atoms with van der Waals surface area (Å²) in [4.78, 5) is 11.3. The second-order valence-electron chi connectivity index (χ2n) is 7.45. The van der Waals surface area contributed by atoms with E-state index in [0.29, 0.717) is 24.2 Å². The number of aryl methyl sites for hydroxylation is 3. The number of hydrogen-bond acceptors (Lipinski definition) is 7. The molecule has 0 aliphatic carbocycles. The maximum atomic E-state index is 12.1. The highest BCUT2D eigenvalue weighted by Crippen LogP contribution is 2.30. The zero-order valence-corrected chi connectivity index (χ0v) is 21.3. The Labute approximate surface area is 203 Å². The Hall–Kier alpha value is -2.01. The van der Waals surface area contributed by atoms with Crippen LogP contribution in [0, 0.1) is 0 Å². The van der Waals surface area contributed by atoms with Crippen molar-refractivity contribution in [3.63, 3.8) is 0 Å². The van der Waals surface area contributed by atoms with Gasteiger partial charge in [-0.2, -0.15) is 8.42 Å². The lowest BCUT2D eigenvalue weighted by Gasteiger charge is -2.12. The van der Waals surface area contributed by atoms with Crippen molar-refractivity contribution in [3.05, 3.63) is 53.1 Å². The van der Waals surface area contributed by atoms with Crippen LogP contribution in [-0.4, -0.2) is 32.4 Å². The smallest absolute Gasteiger partial charge is 0.315 e. The van der Waals surface area contributed by atoms with Crippen molar-refractivity contribution in [2.24, 2.45) is 0 Å².